The van der Waals surface area contributed by atoms with E-state index in [-0.39, 0.29) is 11.6 Å². The number of nitrogens with zero attached hydrogens (tertiary/aromatic N) is 1. The first kappa shape index (κ1) is 11.8. The second kappa shape index (κ2) is 4.67. The Hall–Kier alpha value is -1.68. The van der Waals surface area contributed by atoms with E-state index in [4.69, 9.17) is 5.73 Å². The maximum absolute atomic E-state index is 11.2. The van der Waals surface area contributed by atoms with Crippen molar-refractivity contribution in [3.8, 4) is 11.3 Å². The lowest BCUT2D eigenvalue weighted by Gasteiger charge is -2.05. The van der Waals surface area contributed by atoms with E-state index in [1.807, 2.05) is 24.3 Å². The number of benzene rings is 1. The summed E-state index contributed by atoms with van der Waals surface area (Å²) in [5, 5.41) is 0. The normalized spacial score (nSPS) is 10.2. The van der Waals surface area contributed by atoms with E-state index in [0.29, 0.717) is 5.56 Å². The molecule has 0 saturated carbocycles. The van der Waals surface area contributed by atoms with Crippen LogP contribution in [-0.4, -0.2) is 10.8 Å². The van der Waals surface area contributed by atoms with Gasteiger partial charge in [-0.25, -0.2) is 4.98 Å². The van der Waals surface area contributed by atoms with Gasteiger partial charge in [-0.1, -0.05) is 28.1 Å². The summed E-state index contributed by atoms with van der Waals surface area (Å²) in [5.41, 5.74) is 7.93. The summed E-state index contributed by atoms with van der Waals surface area (Å²) in [6.07, 6.45) is 0. The predicted octanol–water partition coefficient (Wildman–Crippen LogP) is 3.30. The van der Waals surface area contributed by atoms with Gasteiger partial charge >= 0.3 is 0 Å². The molecule has 0 aliphatic carbocycles. The van der Waals surface area contributed by atoms with Gasteiger partial charge in [0.05, 0.1) is 11.3 Å². The fraction of sp³-hybridized carbons (Fsp3) is 0.0769. The van der Waals surface area contributed by atoms with E-state index in [1.165, 1.54) is 6.92 Å². The number of aromatic nitrogens is 1. The molecular weight excluding hydrogens is 280 g/mol. The minimum Gasteiger partial charge on any atom is -0.383 e. The number of halogens is 1. The molecule has 0 atom stereocenters. The molecule has 2 N–H and O–H groups in total. The number of Topliss-reactive ketones (excluding diaryl/α,β-unsaturated/α-hetero) is 1. The number of anilines is 1. The first-order valence-electron chi connectivity index (χ1n) is 5.11. The summed E-state index contributed by atoms with van der Waals surface area (Å²) in [4.78, 5) is 15.5. The quantitative estimate of drug-likeness (QED) is 0.864. The van der Waals surface area contributed by atoms with Crippen molar-refractivity contribution >= 4 is 27.5 Å². The summed E-state index contributed by atoms with van der Waals surface area (Å²) < 4.78 is 0.978. The highest BCUT2D eigenvalue weighted by molar-refractivity contribution is 9.10. The van der Waals surface area contributed by atoms with Crippen LogP contribution in [0.2, 0.25) is 0 Å². The number of hydrogen-bond acceptors (Lipinski definition) is 3. The zero-order valence-corrected chi connectivity index (χ0v) is 10.9. The second-order valence-electron chi connectivity index (χ2n) is 3.70. The van der Waals surface area contributed by atoms with Gasteiger partial charge < -0.3 is 5.73 Å². The van der Waals surface area contributed by atoms with Crippen molar-refractivity contribution in [1.29, 1.82) is 0 Å². The Kier molecular flexibility index (Phi) is 3.24. The Bertz CT molecular complexity index is 581. The van der Waals surface area contributed by atoms with Gasteiger partial charge in [-0.3, -0.25) is 4.79 Å². The number of nitrogen functional groups attached to an aromatic ring is 1. The van der Waals surface area contributed by atoms with Gasteiger partial charge in [-0.15, -0.1) is 0 Å². The average molecular weight is 291 g/mol. The smallest absolute Gasteiger partial charge is 0.163 e. The lowest BCUT2D eigenvalue weighted by atomic mass is 10.1. The van der Waals surface area contributed by atoms with Crippen molar-refractivity contribution in [1.82, 2.24) is 4.98 Å². The lowest BCUT2D eigenvalue weighted by Crippen LogP contribution is -2.02. The molecule has 0 aliphatic heterocycles. The molecule has 0 fully saturated rings. The monoisotopic (exact) mass is 290 g/mol. The summed E-state index contributed by atoms with van der Waals surface area (Å²) in [6.45, 7) is 1.48. The van der Waals surface area contributed by atoms with Crippen molar-refractivity contribution in [2.24, 2.45) is 0 Å². The van der Waals surface area contributed by atoms with Crippen LogP contribution in [0.5, 0.6) is 0 Å². The zero-order valence-electron chi connectivity index (χ0n) is 9.27. The molecule has 86 valence electrons. The third-order valence-corrected chi connectivity index (χ3v) is 2.92. The molecule has 1 heterocycles. The van der Waals surface area contributed by atoms with Gasteiger partial charge in [0.15, 0.2) is 5.78 Å². The Morgan fingerprint density at radius 3 is 2.65 bits per heavy atom. The molecule has 4 heteroatoms. The predicted molar refractivity (Wildman–Crippen MR) is 71.8 cm³/mol. The van der Waals surface area contributed by atoms with Crippen molar-refractivity contribution < 1.29 is 4.79 Å². The highest BCUT2D eigenvalue weighted by atomic mass is 79.9. The van der Waals surface area contributed by atoms with E-state index in [0.717, 1.165) is 15.7 Å². The molecule has 17 heavy (non-hydrogen) atoms. The highest BCUT2D eigenvalue weighted by Gasteiger charge is 2.08. The second-order valence-corrected chi connectivity index (χ2v) is 4.61. The fourth-order valence-corrected chi connectivity index (χ4v) is 1.98. The molecule has 0 unspecified atom stereocenters. The van der Waals surface area contributed by atoms with Crippen molar-refractivity contribution in [3.05, 3.63) is 46.4 Å². The number of hydrogen-bond donors (Lipinski definition) is 1. The summed E-state index contributed by atoms with van der Waals surface area (Å²) in [7, 11) is 0. The van der Waals surface area contributed by atoms with Gasteiger partial charge in [0, 0.05) is 10.0 Å². The van der Waals surface area contributed by atoms with Crippen LogP contribution in [0.25, 0.3) is 11.3 Å². The van der Waals surface area contributed by atoms with Crippen LogP contribution in [0.3, 0.4) is 0 Å². The minimum absolute atomic E-state index is 0.0733. The van der Waals surface area contributed by atoms with Crippen LogP contribution in [0.1, 0.15) is 17.3 Å². The standard InChI is InChI=1S/C13H11BrN2O/c1-8(17)11-5-6-12(16-13(11)15)9-3-2-4-10(14)7-9/h2-7H,1H3,(H2,15,16). The molecule has 3 nitrogen and oxygen atoms in total. The molecule has 0 radical (unpaired) electrons. The van der Waals surface area contributed by atoms with Gasteiger partial charge in [0.25, 0.3) is 0 Å². The van der Waals surface area contributed by atoms with Crippen molar-refractivity contribution in [3.63, 3.8) is 0 Å². The number of carbonyl (C=O) groups excluding carboxylic acids is 1. The van der Waals surface area contributed by atoms with Gasteiger partial charge in [0.1, 0.15) is 5.82 Å². The van der Waals surface area contributed by atoms with Crippen LogP contribution < -0.4 is 5.73 Å². The maximum atomic E-state index is 11.2. The number of carbonyl (C=O) groups is 1. The third kappa shape index (κ3) is 2.53. The van der Waals surface area contributed by atoms with Crippen LogP contribution in [-0.2, 0) is 0 Å². The molecule has 0 bridgehead atoms. The Balaban J connectivity index is 2.48. The van der Waals surface area contributed by atoms with Crippen LogP contribution >= 0.6 is 15.9 Å². The number of rotatable bonds is 2. The Morgan fingerprint density at radius 2 is 2.06 bits per heavy atom. The number of ketones is 1. The van der Waals surface area contributed by atoms with Crippen LogP contribution in [0.15, 0.2) is 40.9 Å². The lowest BCUT2D eigenvalue weighted by molar-refractivity contribution is 0.101. The molecule has 0 spiro atoms. The SMILES string of the molecule is CC(=O)c1ccc(-c2cccc(Br)c2)nc1N. The van der Waals surface area contributed by atoms with Crippen LogP contribution in [0.4, 0.5) is 5.82 Å². The molecule has 2 rings (SSSR count). The zero-order chi connectivity index (χ0) is 12.4. The molecule has 0 saturated heterocycles. The topological polar surface area (TPSA) is 56.0 Å². The first-order chi connectivity index (χ1) is 8.08. The summed E-state index contributed by atoms with van der Waals surface area (Å²) >= 11 is 3.40. The van der Waals surface area contributed by atoms with E-state index < -0.39 is 0 Å². The van der Waals surface area contributed by atoms with E-state index in [1.54, 1.807) is 12.1 Å². The minimum atomic E-state index is -0.0733. The maximum Gasteiger partial charge on any atom is 0.163 e. The largest absolute Gasteiger partial charge is 0.383 e. The van der Waals surface area contributed by atoms with Gasteiger partial charge in [-0.05, 0) is 31.2 Å². The molecule has 1 aromatic carbocycles. The van der Waals surface area contributed by atoms with Crippen molar-refractivity contribution in [2.75, 3.05) is 5.73 Å². The van der Waals surface area contributed by atoms with E-state index >= 15 is 0 Å². The Morgan fingerprint density at radius 1 is 1.29 bits per heavy atom. The van der Waals surface area contributed by atoms with E-state index in [9.17, 15) is 4.79 Å². The Labute approximate surface area is 108 Å². The van der Waals surface area contributed by atoms with Crippen molar-refractivity contribution in [2.45, 2.75) is 6.92 Å². The van der Waals surface area contributed by atoms with E-state index in [2.05, 4.69) is 20.9 Å². The number of nitrogens with two attached hydrogens (primary N) is 1. The highest BCUT2D eigenvalue weighted by Crippen LogP contribution is 2.23. The third-order valence-electron chi connectivity index (χ3n) is 2.42. The molecule has 1 aromatic heterocycles. The molecule has 0 aliphatic rings. The molecular formula is C13H11BrN2O. The summed E-state index contributed by atoms with van der Waals surface area (Å²) in [6, 6.07) is 11.3. The summed E-state index contributed by atoms with van der Waals surface area (Å²) in [5.74, 6) is 0.200. The number of pyridine rings is 1. The van der Waals surface area contributed by atoms with Gasteiger partial charge in [0.2, 0.25) is 0 Å². The first-order valence-corrected chi connectivity index (χ1v) is 5.90. The molecule has 2 aromatic rings. The molecule has 0 amide bonds. The average Bonchev–Trinajstić information content (AvgIpc) is 2.28. The van der Waals surface area contributed by atoms with Gasteiger partial charge in [-0.2, -0.15) is 0 Å². The van der Waals surface area contributed by atoms with Crippen LogP contribution in [0, 0.1) is 0 Å². The fourth-order valence-electron chi connectivity index (χ4n) is 1.58.